The summed E-state index contributed by atoms with van der Waals surface area (Å²) < 4.78 is 28.3. The second-order valence-corrected chi connectivity index (χ2v) is 8.49. The Balaban J connectivity index is 1.96. The predicted octanol–water partition coefficient (Wildman–Crippen LogP) is 4.59. The zero-order valence-corrected chi connectivity index (χ0v) is 17.7. The molecule has 3 aromatic rings. The summed E-state index contributed by atoms with van der Waals surface area (Å²) in [5.41, 5.74) is 3.75. The summed E-state index contributed by atoms with van der Waals surface area (Å²) in [6.07, 6.45) is 0. The number of phenols is 1. The van der Waals surface area contributed by atoms with Gasteiger partial charge in [0.25, 0.3) is 15.7 Å². The molecular formula is C20H17ClN4O5S. The second-order valence-electron chi connectivity index (χ2n) is 6.41. The first-order valence-electron chi connectivity index (χ1n) is 8.82. The van der Waals surface area contributed by atoms with E-state index < -0.39 is 14.9 Å². The largest absolute Gasteiger partial charge is 0.508 e. The van der Waals surface area contributed by atoms with Crippen molar-refractivity contribution < 1.29 is 18.4 Å². The van der Waals surface area contributed by atoms with Gasteiger partial charge in [-0.15, -0.1) is 0 Å². The lowest BCUT2D eigenvalue weighted by molar-refractivity contribution is -0.385. The number of hydrazone groups is 1. The van der Waals surface area contributed by atoms with Crippen LogP contribution >= 0.6 is 11.6 Å². The molecule has 9 nitrogen and oxygen atoms in total. The van der Waals surface area contributed by atoms with Crippen molar-refractivity contribution in [2.45, 2.75) is 11.8 Å². The van der Waals surface area contributed by atoms with Crippen molar-refractivity contribution >= 4 is 44.4 Å². The number of nitrogens with zero attached hydrogens (tertiary/aromatic N) is 2. The molecule has 0 aliphatic heterocycles. The average Bonchev–Trinajstić information content (AvgIpc) is 2.74. The van der Waals surface area contributed by atoms with E-state index in [1.54, 1.807) is 19.1 Å². The van der Waals surface area contributed by atoms with E-state index in [9.17, 15) is 23.6 Å². The predicted molar refractivity (Wildman–Crippen MR) is 119 cm³/mol. The lowest BCUT2D eigenvalue weighted by Crippen LogP contribution is -2.15. The van der Waals surface area contributed by atoms with E-state index in [0.717, 1.165) is 6.07 Å². The maximum atomic E-state index is 13.0. The number of sulfonamides is 1. The number of nitro benzene ring substituents is 1. The molecule has 0 spiro atoms. The van der Waals surface area contributed by atoms with Gasteiger partial charge in [-0.3, -0.25) is 20.3 Å². The molecule has 160 valence electrons. The number of hydrogen-bond donors (Lipinski definition) is 3. The smallest absolute Gasteiger partial charge is 0.270 e. The van der Waals surface area contributed by atoms with Crippen LogP contribution in [0.15, 0.2) is 76.7 Å². The van der Waals surface area contributed by atoms with Crippen LogP contribution in [-0.2, 0) is 10.0 Å². The van der Waals surface area contributed by atoms with Crippen molar-refractivity contribution in [3.8, 4) is 5.75 Å². The Hall–Kier alpha value is -3.63. The van der Waals surface area contributed by atoms with E-state index in [1.165, 1.54) is 48.5 Å². The molecule has 0 aliphatic carbocycles. The minimum Gasteiger partial charge on any atom is -0.508 e. The quantitative estimate of drug-likeness (QED) is 0.268. The van der Waals surface area contributed by atoms with Crippen molar-refractivity contribution in [3.05, 3.63) is 87.4 Å². The lowest BCUT2D eigenvalue weighted by Gasteiger charge is -2.12. The van der Waals surface area contributed by atoms with E-state index in [0.29, 0.717) is 16.3 Å². The van der Waals surface area contributed by atoms with Crippen molar-refractivity contribution in [2.24, 2.45) is 5.10 Å². The fourth-order valence-electron chi connectivity index (χ4n) is 2.58. The van der Waals surface area contributed by atoms with Crippen molar-refractivity contribution in [1.82, 2.24) is 0 Å². The zero-order chi connectivity index (χ0) is 22.6. The summed E-state index contributed by atoms with van der Waals surface area (Å²) in [4.78, 5) is 10.1. The SMILES string of the molecule is C/C(=N\Nc1ccc([N+](=O)[O-])cc1S(=O)(=O)Nc1ccc(Cl)cc1)c1ccc(O)cc1. The van der Waals surface area contributed by atoms with Gasteiger partial charge in [-0.25, -0.2) is 8.42 Å². The molecule has 11 heteroatoms. The van der Waals surface area contributed by atoms with Crippen LogP contribution in [0.25, 0.3) is 0 Å². The van der Waals surface area contributed by atoms with E-state index in [-0.39, 0.29) is 27.7 Å². The molecule has 3 N–H and O–H groups in total. The van der Waals surface area contributed by atoms with Crippen LogP contribution in [0, 0.1) is 10.1 Å². The molecule has 0 saturated heterocycles. The lowest BCUT2D eigenvalue weighted by atomic mass is 10.1. The normalized spacial score (nSPS) is 11.7. The number of halogens is 1. The van der Waals surface area contributed by atoms with Gasteiger partial charge in [-0.05, 0) is 67.1 Å². The Labute approximate surface area is 183 Å². The molecular weight excluding hydrogens is 444 g/mol. The number of aromatic hydroxyl groups is 1. The van der Waals surface area contributed by atoms with Crippen molar-refractivity contribution in [1.29, 1.82) is 0 Å². The van der Waals surface area contributed by atoms with Crippen LogP contribution in [0.3, 0.4) is 0 Å². The highest BCUT2D eigenvalue weighted by molar-refractivity contribution is 7.92. The molecule has 0 amide bonds. The third-order valence-corrected chi connectivity index (χ3v) is 5.86. The molecule has 0 aliphatic rings. The molecule has 0 radical (unpaired) electrons. The number of rotatable bonds is 7. The summed E-state index contributed by atoms with van der Waals surface area (Å²) in [5, 5.41) is 25.2. The Morgan fingerprint density at radius 1 is 1.06 bits per heavy atom. The number of non-ortho nitro benzene ring substituents is 1. The number of nitrogens with one attached hydrogen (secondary N) is 2. The average molecular weight is 461 g/mol. The Bertz CT molecular complexity index is 1240. The molecule has 0 fully saturated rings. The standard InChI is InChI=1S/C20H17ClN4O5S/c1-13(14-2-9-18(26)10-3-14)22-23-19-11-8-17(25(27)28)12-20(19)31(29,30)24-16-6-4-15(21)5-7-16/h2-12,23-24,26H,1H3/b22-13+. The first kappa shape index (κ1) is 22.1. The summed E-state index contributed by atoms with van der Waals surface area (Å²) in [7, 11) is -4.19. The van der Waals surface area contributed by atoms with Crippen molar-refractivity contribution in [2.75, 3.05) is 10.1 Å². The molecule has 0 atom stereocenters. The maximum Gasteiger partial charge on any atom is 0.270 e. The van der Waals surface area contributed by atoms with Gasteiger partial charge in [0.15, 0.2) is 0 Å². The highest BCUT2D eigenvalue weighted by Crippen LogP contribution is 2.29. The summed E-state index contributed by atoms with van der Waals surface area (Å²) in [6.45, 7) is 1.69. The molecule has 0 heterocycles. The van der Waals surface area contributed by atoms with Gasteiger partial charge in [0, 0.05) is 22.8 Å². The van der Waals surface area contributed by atoms with E-state index >= 15 is 0 Å². The van der Waals surface area contributed by atoms with E-state index in [2.05, 4.69) is 15.2 Å². The van der Waals surface area contributed by atoms with Crippen LogP contribution in [0.5, 0.6) is 5.75 Å². The molecule has 0 saturated carbocycles. The fraction of sp³-hybridized carbons (Fsp3) is 0.0500. The van der Waals surface area contributed by atoms with Gasteiger partial charge in [0.1, 0.15) is 10.6 Å². The van der Waals surface area contributed by atoms with Crippen molar-refractivity contribution in [3.63, 3.8) is 0 Å². The Morgan fingerprint density at radius 2 is 1.71 bits per heavy atom. The first-order valence-corrected chi connectivity index (χ1v) is 10.7. The number of nitro groups is 1. The van der Waals surface area contributed by atoms with Gasteiger partial charge in [0.05, 0.1) is 16.3 Å². The van der Waals surface area contributed by atoms with Gasteiger partial charge < -0.3 is 5.11 Å². The summed E-state index contributed by atoms with van der Waals surface area (Å²) >= 11 is 5.82. The molecule has 0 bridgehead atoms. The molecule has 3 aromatic carbocycles. The van der Waals surface area contributed by atoms with Crippen LogP contribution in [-0.4, -0.2) is 24.2 Å². The topological polar surface area (TPSA) is 134 Å². The van der Waals surface area contributed by atoms with Crippen LogP contribution in [0.2, 0.25) is 5.02 Å². The molecule has 0 aromatic heterocycles. The molecule has 0 unspecified atom stereocenters. The highest BCUT2D eigenvalue weighted by atomic mass is 35.5. The monoisotopic (exact) mass is 460 g/mol. The minimum atomic E-state index is -4.19. The maximum absolute atomic E-state index is 13.0. The summed E-state index contributed by atoms with van der Waals surface area (Å²) in [6, 6.07) is 15.6. The Kier molecular flexibility index (Phi) is 6.42. The number of hydrogen-bond acceptors (Lipinski definition) is 7. The highest BCUT2D eigenvalue weighted by Gasteiger charge is 2.23. The minimum absolute atomic E-state index is 0.0465. The number of anilines is 2. The van der Waals surface area contributed by atoms with E-state index in [1.807, 2.05) is 0 Å². The molecule has 31 heavy (non-hydrogen) atoms. The number of benzene rings is 3. The number of phenolic OH excluding ortho intramolecular Hbond substituents is 1. The van der Waals surface area contributed by atoms with E-state index in [4.69, 9.17) is 11.6 Å². The second kappa shape index (κ2) is 9.02. The summed E-state index contributed by atoms with van der Waals surface area (Å²) in [5.74, 6) is 0.0986. The van der Waals surface area contributed by atoms with Crippen LogP contribution in [0.1, 0.15) is 12.5 Å². The Morgan fingerprint density at radius 3 is 2.32 bits per heavy atom. The van der Waals surface area contributed by atoms with Gasteiger partial charge in [-0.2, -0.15) is 5.10 Å². The third-order valence-electron chi connectivity index (χ3n) is 4.19. The third kappa shape index (κ3) is 5.50. The fourth-order valence-corrected chi connectivity index (χ4v) is 3.94. The van der Waals surface area contributed by atoms with Gasteiger partial charge in [-0.1, -0.05) is 11.6 Å². The zero-order valence-electron chi connectivity index (χ0n) is 16.1. The molecule has 3 rings (SSSR count). The first-order chi connectivity index (χ1) is 14.7. The van der Waals surface area contributed by atoms with Gasteiger partial charge >= 0.3 is 0 Å². The van der Waals surface area contributed by atoms with Crippen LogP contribution < -0.4 is 10.1 Å². The van der Waals surface area contributed by atoms with Gasteiger partial charge in [0.2, 0.25) is 0 Å². The van der Waals surface area contributed by atoms with Crippen LogP contribution in [0.4, 0.5) is 17.1 Å².